The predicted molar refractivity (Wildman–Crippen MR) is 123 cm³/mol. The van der Waals surface area contributed by atoms with E-state index in [0.29, 0.717) is 41.4 Å². The van der Waals surface area contributed by atoms with Crippen LogP contribution in [0.5, 0.6) is 0 Å². The van der Waals surface area contributed by atoms with Gasteiger partial charge in [-0.2, -0.15) is 5.10 Å². The van der Waals surface area contributed by atoms with E-state index in [1.165, 1.54) is 6.07 Å². The van der Waals surface area contributed by atoms with Gasteiger partial charge in [-0.1, -0.05) is 17.7 Å². The molecule has 4 aromatic rings. The first-order valence-electron chi connectivity index (χ1n) is 10.7. The van der Waals surface area contributed by atoms with E-state index in [0.717, 1.165) is 11.8 Å². The highest BCUT2D eigenvalue weighted by Crippen LogP contribution is 2.25. The Kier molecular flexibility index (Phi) is 5.82. The van der Waals surface area contributed by atoms with E-state index >= 15 is 0 Å². The van der Waals surface area contributed by atoms with Gasteiger partial charge < -0.3 is 4.74 Å². The van der Waals surface area contributed by atoms with Crippen LogP contribution in [0.3, 0.4) is 0 Å². The molecule has 1 aliphatic heterocycles. The maximum absolute atomic E-state index is 13.7. The summed E-state index contributed by atoms with van der Waals surface area (Å²) in [5, 5.41) is 4.52. The molecule has 1 aromatic carbocycles. The monoisotopic (exact) mass is 456 g/mol. The minimum Gasteiger partial charge on any atom is -0.476 e. The van der Waals surface area contributed by atoms with Crippen LogP contribution in [-0.2, 0) is 11.3 Å². The second-order valence-corrected chi connectivity index (χ2v) is 7.83. The molecule has 0 radical (unpaired) electrons. The lowest BCUT2D eigenvalue weighted by molar-refractivity contribution is -0.0174. The number of nitrogens with zero attached hydrogens (tertiary/aromatic N) is 6. The highest BCUT2D eigenvalue weighted by molar-refractivity contribution is 6.00. The van der Waals surface area contributed by atoms with Gasteiger partial charge in [0.05, 0.1) is 30.3 Å². The van der Waals surface area contributed by atoms with Crippen LogP contribution in [0.2, 0.25) is 0 Å². The average Bonchev–Trinajstić information content (AvgIpc) is 3.33. The molecule has 0 saturated carbocycles. The number of aryl methyl sites for hydroxylation is 1. The molecule has 4 heterocycles. The van der Waals surface area contributed by atoms with Gasteiger partial charge >= 0.3 is 0 Å². The topological polar surface area (TPSA) is 86.0 Å². The molecule has 0 bridgehead atoms. The highest BCUT2D eigenvalue weighted by atomic mass is 19.1. The molecule has 5 rings (SSSR count). The normalized spacial score (nSPS) is 15.2. The van der Waals surface area contributed by atoms with Crippen molar-refractivity contribution >= 4 is 5.91 Å². The van der Waals surface area contributed by atoms with Crippen molar-refractivity contribution in [1.82, 2.24) is 29.6 Å². The molecular weight excluding hydrogens is 435 g/mol. The zero-order valence-electron chi connectivity index (χ0n) is 18.4. The minimum absolute atomic E-state index is 0.187. The van der Waals surface area contributed by atoms with Crippen molar-refractivity contribution in [2.45, 2.75) is 19.7 Å². The van der Waals surface area contributed by atoms with Crippen LogP contribution in [0.15, 0.2) is 79.6 Å². The number of hydrogen-bond donors (Lipinski definition) is 0. The van der Waals surface area contributed by atoms with Crippen LogP contribution in [0.4, 0.5) is 4.39 Å². The lowest BCUT2D eigenvalue weighted by atomic mass is 10.0. The third-order valence-electron chi connectivity index (χ3n) is 5.43. The standard InChI is InChI=1S/C25H21FN6O2/c1-17-4-6-19(24-27-9-2-10-28-24)20(14-17)25(33)32-11-3-13-34-23(32)16-31-12-8-22(30-31)21-7-5-18(26)15-29-21/h2-10,12-15,23H,11,16H2,1H3. The molecule has 0 saturated heterocycles. The Hall–Kier alpha value is -4.40. The number of benzene rings is 1. The van der Waals surface area contributed by atoms with Gasteiger partial charge in [0.15, 0.2) is 12.1 Å². The smallest absolute Gasteiger partial charge is 0.257 e. The van der Waals surface area contributed by atoms with E-state index < -0.39 is 12.0 Å². The third-order valence-corrected chi connectivity index (χ3v) is 5.43. The van der Waals surface area contributed by atoms with Gasteiger partial charge in [0.25, 0.3) is 5.91 Å². The first-order chi connectivity index (χ1) is 16.6. The summed E-state index contributed by atoms with van der Waals surface area (Å²) in [6.45, 7) is 2.63. The van der Waals surface area contributed by atoms with E-state index in [4.69, 9.17) is 4.74 Å². The number of aromatic nitrogens is 5. The van der Waals surface area contributed by atoms with Crippen LogP contribution in [-0.4, -0.2) is 48.3 Å². The SMILES string of the molecule is Cc1ccc(-c2ncccn2)c(C(=O)N2CC=COC2Cn2ccc(-c3ccc(F)cn3)n2)c1. The van der Waals surface area contributed by atoms with E-state index in [2.05, 4.69) is 20.1 Å². The van der Waals surface area contributed by atoms with Gasteiger partial charge in [-0.25, -0.2) is 14.4 Å². The third kappa shape index (κ3) is 4.40. The van der Waals surface area contributed by atoms with Crippen molar-refractivity contribution in [2.24, 2.45) is 0 Å². The molecule has 8 nitrogen and oxygen atoms in total. The quantitative estimate of drug-likeness (QED) is 0.453. The Morgan fingerprint density at radius 3 is 2.76 bits per heavy atom. The molecule has 0 fully saturated rings. The summed E-state index contributed by atoms with van der Waals surface area (Å²) in [6, 6.07) is 12.1. The predicted octanol–water partition coefficient (Wildman–Crippen LogP) is 3.86. The van der Waals surface area contributed by atoms with Gasteiger partial charge in [0.2, 0.25) is 0 Å². The summed E-state index contributed by atoms with van der Waals surface area (Å²) in [6.07, 6.45) is 9.04. The van der Waals surface area contributed by atoms with Crippen molar-refractivity contribution in [1.29, 1.82) is 0 Å². The van der Waals surface area contributed by atoms with Crippen LogP contribution >= 0.6 is 0 Å². The number of amides is 1. The molecule has 9 heteroatoms. The Balaban J connectivity index is 1.41. The summed E-state index contributed by atoms with van der Waals surface area (Å²) in [7, 11) is 0. The van der Waals surface area contributed by atoms with E-state index in [9.17, 15) is 9.18 Å². The van der Waals surface area contributed by atoms with Crippen molar-refractivity contribution in [2.75, 3.05) is 6.54 Å². The minimum atomic E-state index is -0.573. The molecule has 170 valence electrons. The molecule has 0 spiro atoms. The maximum atomic E-state index is 13.7. The molecule has 3 aromatic heterocycles. The van der Waals surface area contributed by atoms with Crippen molar-refractivity contribution in [3.63, 3.8) is 0 Å². The van der Waals surface area contributed by atoms with Crippen molar-refractivity contribution in [3.8, 4) is 22.8 Å². The van der Waals surface area contributed by atoms with E-state index in [-0.39, 0.29) is 5.91 Å². The Bertz CT molecular complexity index is 1340. The largest absolute Gasteiger partial charge is 0.476 e. The van der Waals surface area contributed by atoms with Crippen LogP contribution in [0, 0.1) is 12.7 Å². The summed E-state index contributed by atoms with van der Waals surface area (Å²) >= 11 is 0. The Morgan fingerprint density at radius 2 is 1.97 bits per heavy atom. The van der Waals surface area contributed by atoms with Gasteiger partial charge in [-0.05, 0) is 43.3 Å². The summed E-state index contributed by atoms with van der Waals surface area (Å²) in [5.41, 5.74) is 3.29. The number of carbonyl (C=O) groups excluding carboxylic acids is 1. The summed E-state index contributed by atoms with van der Waals surface area (Å²) in [4.78, 5) is 28.0. The van der Waals surface area contributed by atoms with E-state index in [1.807, 2.05) is 25.1 Å². The van der Waals surface area contributed by atoms with Crippen LogP contribution in [0.1, 0.15) is 15.9 Å². The van der Waals surface area contributed by atoms with Crippen LogP contribution < -0.4 is 0 Å². The zero-order valence-corrected chi connectivity index (χ0v) is 18.4. The number of rotatable bonds is 5. The summed E-state index contributed by atoms with van der Waals surface area (Å²) in [5.74, 6) is -0.108. The average molecular weight is 456 g/mol. The number of halogens is 1. The lowest BCUT2D eigenvalue weighted by Crippen LogP contribution is -2.45. The first kappa shape index (κ1) is 21.4. The zero-order chi connectivity index (χ0) is 23.5. The molecule has 1 aliphatic rings. The fourth-order valence-corrected chi connectivity index (χ4v) is 3.76. The highest BCUT2D eigenvalue weighted by Gasteiger charge is 2.29. The summed E-state index contributed by atoms with van der Waals surface area (Å²) < 4.78 is 20.7. The Morgan fingerprint density at radius 1 is 1.12 bits per heavy atom. The second-order valence-electron chi connectivity index (χ2n) is 7.83. The molecule has 34 heavy (non-hydrogen) atoms. The van der Waals surface area contributed by atoms with Crippen molar-refractivity contribution < 1.29 is 13.9 Å². The fourth-order valence-electron chi connectivity index (χ4n) is 3.76. The number of carbonyl (C=O) groups is 1. The second kappa shape index (κ2) is 9.22. The molecule has 1 unspecified atom stereocenters. The molecule has 0 N–H and O–H groups in total. The molecule has 1 amide bonds. The van der Waals surface area contributed by atoms with Gasteiger partial charge in [0.1, 0.15) is 11.5 Å². The number of pyridine rings is 1. The van der Waals surface area contributed by atoms with Gasteiger partial charge in [-0.3, -0.25) is 19.4 Å². The van der Waals surface area contributed by atoms with Crippen molar-refractivity contribution in [3.05, 3.63) is 96.5 Å². The van der Waals surface area contributed by atoms with E-state index in [1.54, 1.807) is 58.7 Å². The Labute approximate surface area is 195 Å². The fraction of sp³-hybridized carbons (Fsp3) is 0.160. The first-order valence-corrected chi connectivity index (χ1v) is 10.7. The molecular formula is C25H21FN6O2. The molecule has 0 aliphatic carbocycles. The number of hydrogen-bond acceptors (Lipinski definition) is 6. The number of ether oxygens (including phenoxy) is 1. The van der Waals surface area contributed by atoms with Crippen LogP contribution in [0.25, 0.3) is 22.8 Å². The van der Waals surface area contributed by atoms with Gasteiger partial charge in [-0.15, -0.1) is 0 Å². The lowest BCUT2D eigenvalue weighted by Gasteiger charge is -2.33. The maximum Gasteiger partial charge on any atom is 0.257 e. The molecule has 1 atom stereocenters. The van der Waals surface area contributed by atoms with Gasteiger partial charge in [0, 0.05) is 30.7 Å².